The fourth-order valence-corrected chi connectivity index (χ4v) is 3.60. The molecule has 2 aromatic carbocycles. The summed E-state index contributed by atoms with van der Waals surface area (Å²) < 4.78 is 0. The molecule has 0 saturated heterocycles. The van der Waals surface area contributed by atoms with Crippen molar-refractivity contribution in [2.45, 2.75) is 51.2 Å². The van der Waals surface area contributed by atoms with Crippen molar-refractivity contribution in [3.05, 3.63) is 70.8 Å². The van der Waals surface area contributed by atoms with E-state index in [0.29, 0.717) is 17.2 Å². The molecule has 1 aliphatic carbocycles. The molecule has 0 atom stereocenters. The molecule has 0 unspecified atom stereocenters. The number of benzene rings is 2. The standard InChI is InChI=1S/C22H23N3/c23-14-18-6-10-20(11-7-18)16-25(22-4-2-1-3-5-22)17-21-12-8-19(15-24)9-13-21/h6-13,22H,1-5,16-17H2. The van der Waals surface area contributed by atoms with E-state index in [2.05, 4.69) is 41.3 Å². The van der Waals surface area contributed by atoms with Crippen molar-refractivity contribution in [2.24, 2.45) is 0 Å². The van der Waals surface area contributed by atoms with Gasteiger partial charge in [-0.1, -0.05) is 43.5 Å². The third kappa shape index (κ3) is 4.69. The molecule has 1 saturated carbocycles. The lowest BCUT2D eigenvalue weighted by Gasteiger charge is -2.34. The van der Waals surface area contributed by atoms with Crippen molar-refractivity contribution in [3.63, 3.8) is 0 Å². The maximum absolute atomic E-state index is 8.97. The highest BCUT2D eigenvalue weighted by Crippen LogP contribution is 2.26. The first-order chi connectivity index (χ1) is 12.3. The number of hydrogen-bond acceptors (Lipinski definition) is 3. The van der Waals surface area contributed by atoms with Gasteiger partial charge in [-0.15, -0.1) is 0 Å². The number of rotatable bonds is 5. The van der Waals surface area contributed by atoms with Gasteiger partial charge in [0.1, 0.15) is 0 Å². The van der Waals surface area contributed by atoms with Crippen molar-refractivity contribution >= 4 is 0 Å². The van der Waals surface area contributed by atoms with Crippen LogP contribution in [0.25, 0.3) is 0 Å². The summed E-state index contributed by atoms with van der Waals surface area (Å²) in [6, 6.07) is 20.8. The first-order valence-electron chi connectivity index (χ1n) is 9.00. The highest BCUT2D eigenvalue weighted by molar-refractivity contribution is 5.33. The van der Waals surface area contributed by atoms with Gasteiger partial charge in [-0.3, -0.25) is 4.90 Å². The Kier molecular flexibility index (Phi) is 5.83. The summed E-state index contributed by atoms with van der Waals surface area (Å²) in [7, 11) is 0. The summed E-state index contributed by atoms with van der Waals surface area (Å²) in [4.78, 5) is 2.56. The minimum absolute atomic E-state index is 0.611. The Bertz CT molecular complexity index is 697. The van der Waals surface area contributed by atoms with Gasteiger partial charge < -0.3 is 0 Å². The summed E-state index contributed by atoms with van der Waals surface area (Å²) in [6.45, 7) is 1.80. The summed E-state index contributed by atoms with van der Waals surface area (Å²) in [6.07, 6.45) is 6.47. The molecule has 0 radical (unpaired) electrons. The summed E-state index contributed by atoms with van der Waals surface area (Å²) in [5.41, 5.74) is 3.91. The number of hydrogen-bond donors (Lipinski definition) is 0. The van der Waals surface area contributed by atoms with E-state index in [-0.39, 0.29) is 0 Å². The Morgan fingerprint density at radius 1 is 0.720 bits per heavy atom. The van der Waals surface area contributed by atoms with Crippen LogP contribution in [-0.2, 0) is 13.1 Å². The third-order valence-corrected chi connectivity index (χ3v) is 5.03. The fourth-order valence-electron chi connectivity index (χ4n) is 3.60. The zero-order chi connectivity index (χ0) is 17.5. The van der Waals surface area contributed by atoms with Crippen LogP contribution >= 0.6 is 0 Å². The number of nitrogens with zero attached hydrogens (tertiary/aromatic N) is 3. The van der Waals surface area contributed by atoms with Gasteiger partial charge in [-0.2, -0.15) is 10.5 Å². The molecule has 1 aliphatic rings. The van der Waals surface area contributed by atoms with Crippen molar-refractivity contribution in [3.8, 4) is 12.1 Å². The lowest BCUT2D eigenvalue weighted by molar-refractivity contribution is 0.140. The fraction of sp³-hybridized carbons (Fsp3) is 0.364. The molecule has 2 aromatic rings. The van der Waals surface area contributed by atoms with Crippen molar-refractivity contribution < 1.29 is 0 Å². The van der Waals surface area contributed by atoms with Crippen molar-refractivity contribution in [1.29, 1.82) is 10.5 Å². The average Bonchev–Trinajstić information content (AvgIpc) is 2.69. The molecule has 25 heavy (non-hydrogen) atoms. The predicted molar refractivity (Wildman–Crippen MR) is 98.4 cm³/mol. The Morgan fingerprint density at radius 2 is 1.16 bits per heavy atom. The molecule has 3 heteroatoms. The Morgan fingerprint density at radius 3 is 1.56 bits per heavy atom. The van der Waals surface area contributed by atoms with Crippen LogP contribution in [-0.4, -0.2) is 10.9 Å². The molecule has 3 rings (SSSR count). The van der Waals surface area contributed by atoms with E-state index >= 15 is 0 Å². The summed E-state index contributed by atoms with van der Waals surface area (Å²) in [5.74, 6) is 0. The third-order valence-electron chi connectivity index (χ3n) is 5.03. The first-order valence-corrected chi connectivity index (χ1v) is 9.00. The van der Waals surface area contributed by atoms with Crippen LogP contribution in [0, 0.1) is 22.7 Å². The van der Waals surface area contributed by atoms with E-state index in [1.807, 2.05) is 24.3 Å². The molecule has 126 valence electrons. The van der Waals surface area contributed by atoms with Gasteiger partial charge in [0.2, 0.25) is 0 Å². The quantitative estimate of drug-likeness (QED) is 0.794. The van der Waals surface area contributed by atoms with E-state index in [0.717, 1.165) is 13.1 Å². The van der Waals surface area contributed by atoms with Crippen molar-refractivity contribution in [1.82, 2.24) is 4.90 Å². The van der Waals surface area contributed by atoms with E-state index in [1.54, 1.807) is 0 Å². The Balaban J connectivity index is 1.75. The van der Waals surface area contributed by atoms with Crippen LogP contribution in [0.2, 0.25) is 0 Å². The van der Waals surface area contributed by atoms with Crippen LogP contribution in [0.1, 0.15) is 54.4 Å². The van der Waals surface area contributed by atoms with Crippen LogP contribution < -0.4 is 0 Å². The molecule has 0 heterocycles. The monoisotopic (exact) mass is 329 g/mol. The van der Waals surface area contributed by atoms with Crippen LogP contribution in [0.4, 0.5) is 0 Å². The minimum atomic E-state index is 0.611. The van der Waals surface area contributed by atoms with Gasteiger partial charge in [0.25, 0.3) is 0 Å². The maximum atomic E-state index is 8.97. The molecule has 1 fully saturated rings. The molecular weight excluding hydrogens is 306 g/mol. The highest BCUT2D eigenvalue weighted by Gasteiger charge is 2.21. The predicted octanol–water partition coefficient (Wildman–Crippen LogP) is 4.76. The number of nitriles is 2. The minimum Gasteiger partial charge on any atom is -0.292 e. The molecule has 0 N–H and O–H groups in total. The van der Waals surface area contributed by atoms with E-state index < -0.39 is 0 Å². The van der Waals surface area contributed by atoms with Crippen LogP contribution in [0.5, 0.6) is 0 Å². The zero-order valence-electron chi connectivity index (χ0n) is 14.5. The van der Waals surface area contributed by atoms with Crippen molar-refractivity contribution in [2.75, 3.05) is 0 Å². The lowest BCUT2D eigenvalue weighted by atomic mass is 9.93. The molecule has 0 spiro atoms. The molecule has 3 nitrogen and oxygen atoms in total. The van der Waals surface area contributed by atoms with E-state index in [4.69, 9.17) is 10.5 Å². The second-order valence-corrected chi connectivity index (χ2v) is 6.81. The molecule has 0 amide bonds. The van der Waals surface area contributed by atoms with Gasteiger partial charge >= 0.3 is 0 Å². The van der Waals surface area contributed by atoms with E-state index in [1.165, 1.54) is 43.2 Å². The second-order valence-electron chi connectivity index (χ2n) is 6.81. The SMILES string of the molecule is N#Cc1ccc(CN(Cc2ccc(C#N)cc2)C2CCCCC2)cc1. The molecule has 0 bridgehead atoms. The zero-order valence-corrected chi connectivity index (χ0v) is 14.5. The summed E-state index contributed by atoms with van der Waals surface area (Å²) >= 11 is 0. The Hall–Kier alpha value is -2.62. The maximum Gasteiger partial charge on any atom is 0.0991 e. The smallest absolute Gasteiger partial charge is 0.0991 e. The lowest BCUT2D eigenvalue weighted by Crippen LogP contribution is -2.35. The largest absolute Gasteiger partial charge is 0.292 e. The molecule has 0 aliphatic heterocycles. The van der Waals surface area contributed by atoms with Gasteiger partial charge in [0.15, 0.2) is 0 Å². The molecule has 0 aromatic heterocycles. The van der Waals surface area contributed by atoms with Crippen LogP contribution in [0.3, 0.4) is 0 Å². The topological polar surface area (TPSA) is 50.8 Å². The van der Waals surface area contributed by atoms with Crippen LogP contribution in [0.15, 0.2) is 48.5 Å². The van der Waals surface area contributed by atoms with Gasteiger partial charge in [0.05, 0.1) is 23.3 Å². The first kappa shape index (κ1) is 17.2. The summed E-state index contributed by atoms with van der Waals surface area (Å²) in [5, 5.41) is 17.9. The highest BCUT2D eigenvalue weighted by atomic mass is 15.2. The Labute approximate surface area is 150 Å². The second kappa shape index (κ2) is 8.47. The van der Waals surface area contributed by atoms with Gasteiger partial charge in [0, 0.05) is 19.1 Å². The average molecular weight is 329 g/mol. The van der Waals surface area contributed by atoms with Gasteiger partial charge in [-0.25, -0.2) is 0 Å². The van der Waals surface area contributed by atoms with Gasteiger partial charge in [-0.05, 0) is 48.2 Å². The normalized spacial score (nSPS) is 14.8. The molecular formula is C22H23N3. The van der Waals surface area contributed by atoms with E-state index in [9.17, 15) is 0 Å².